The van der Waals surface area contributed by atoms with Crippen molar-refractivity contribution in [2.24, 2.45) is 0 Å². The number of nitrogens with zero attached hydrogens (tertiary/aromatic N) is 2. The van der Waals surface area contributed by atoms with Crippen LogP contribution in [0.5, 0.6) is 5.75 Å². The molecule has 1 saturated carbocycles. The molecule has 7 heteroatoms. The van der Waals surface area contributed by atoms with E-state index in [0.29, 0.717) is 12.3 Å². The molecular weight excluding hydrogens is 326 g/mol. The molecule has 2 heterocycles. The van der Waals surface area contributed by atoms with E-state index in [9.17, 15) is 8.42 Å². The van der Waals surface area contributed by atoms with Gasteiger partial charge in [0.1, 0.15) is 11.4 Å². The second-order valence-electron chi connectivity index (χ2n) is 6.99. The number of ether oxygens (including phenoxy) is 1. The second-order valence-corrected chi connectivity index (χ2v) is 8.68. The average molecular weight is 345 g/mol. The molecule has 24 heavy (non-hydrogen) atoms. The van der Waals surface area contributed by atoms with Crippen molar-refractivity contribution in [3.05, 3.63) is 41.7 Å². The van der Waals surface area contributed by atoms with E-state index in [1.165, 1.54) is 0 Å². The molecule has 1 aliphatic carbocycles. The van der Waals surface area contributed by atoms with E-state index in [1.807, 2.05) is 19.9 Å². The lowest BCUT2D eigenvalue weighted by Crippen LogP contribution is -2.24. The van der Waals surface area contributed by atoms with Gasteiger partial charge in [-0.2, -0.15) is 0 Å². The van der Waals surface area contributed by atoms with E-state index in [-0.39, 0.29) is 16.4 Å². The van der Waals surface area contributed by atoms with Gasteiger partial charge < -0.3 is 4.74 Å². The standard InChI is InChI=1S/C17H19N3O3S/c1-17(2)10-12-9-13(5-6-15(12)23-17)24(21,22)20-16-18-8-7-14(19-16)11-3-4-11/h5-9,11H,3-4,10H2,1-2H3,(H,18,19,20). The zero-order chi connectivity index (χ0) is 16.9. The number of fused-ring (bicyclic) bond motifs is 1. The number of anilines is 1. The van der Waals surface area contributed by atoms with Crippen LogP contribution in [-0.2, 0) is 16.4 Å². The van der Waals surface area contributed by atoms with Crippen LogP contribution in [0.25, 0.3) is 0 Å². The molecular formula is C17H19N3O3S. The molecule has 0 amide bonds. The minimum Gasteiger partial charge on any atom is -0.487 e. The minimum absolute atomic E-state index is 0.122. The Morgan fingerprint density at radius 3 is 2.79 bits per heavy atom. The van der Waals surface area contributed by atoms with Crippen LogP contribution >= 0.6 is 0 Å². The van der Waals surface area contributed by atoms with E-state index >= 15 is 0 Å². The first-order valence-electron chi connectivity index (χ1n) is 8.00. The first-order chi connectivity index (χ1) is 11.3. The lowest BCUT2D eigenvalue weighted by atomic mass is 10.0. The van der Waals surface area contributed by atoms with Crippen molar-refractivity contribution in [3.63, 3.8) is 0 Å². The number of benzene rings is 1. The molecule has 126 valence electrons. The largest absolute Gasteiger partial charge is 0.487 e. The lowest BCUT2D eigenvalue weighted by molar-refractivity contribution is 0.138. The summed E-state index contributed by atoms with van der Waals surface area (Å²) in [6.07, 6.45) is 4.48. The Kier molecular flexibility index (Phi) is 3.32. The summed E-state index contributed by atoms with van der Waals surface area (Å²) in [5.74, 6) is 1.30. The molecule has 1 aromatic carbocycles. The molecule has 6 nitrogen and oxygen atoms in total. The van der Waals surface area contributed by atoms with E-state index in [2.05, 4.69) is 14.7 Å². The Labute approximate surface area is 141 Å². The maximum atomic E-state index is 12.6. The number of rotatable bonds is 4. The van der Waals surface area contributed by atoms with Crippen molar-refractivity contribution in [1.82, 2.24) is 9.97 Å². The molecule has 0 bridgehead atoms. The highest BCUT2D eigenvalue weighted by molar-refractivity contribution is 7.92. The van der Waals surface area contributed by atoms with Gasteiger partial charge in [0, 0.05) is 24.2 Å². The van der Waals surface area contributed by atoms with Gasteiger partial charge in [-0.05, 0) is 56.5 Å². The molecule has 0 atom stereocenters. The minimum atomic E-state index is -3.72. The third-order valence-electron chi connectivity index (χ3n) is 4.24. The van der Waals surface area contributed by atoms with E-state index < -0.39 is 10.0 Å². The van der Waals surface area contributed by atoms with Crippen molar-refractivity contribution >= 4 is 16.0 Å². The fraction of sp³-hybridized carbons (Fsp3) is 0.412. The van der Waals surface area contributed by atoms with Gasteiger partial charge in [0.15, 0.2) is 0 Å². The number of sulfonamides is 1. The number of hydrogen-bond acceptors (Lipinski definition) is 5. The van der Waals surface area contributed by atoms with Crippen LogP contribution in [0.15, 0.2) is 35.4 Å². The summed E-state index contributed by atoms with van der Waals surface area (Å²) in [4.78, 5) is 8.54. The first kappa shape index (κ1) is 15.4. The van der Waals surface area contributed by atoms with Gasteiger partial charge in [0.25, 0.3) is 10.0 Å². The third kappa shape index (κ3) is 2.96. The van der Waals surface area contributed by atoms with Crippen molar-refractivity contribution < 1.29 is 13.2 Å². The van der Waals surface area contributed by atoms with E-state index in [4.69, 9.17) is 4.74 Å². The van der Waals surface area contributed by atoms with Crippen molar-refractivity contribution in [2.45, 2.75) is 49.5 Å². The Morgan fingerprint density at radius 1 is 1.25 bits per heavy atom. The van der Waals surface area contributed by atoms with Gasteiger partial charge in [0.05, 0.1) is 4.90 Å². The Hall–Kier alpha value is -2.15. The van der Waals surface area contributed by atoms with Crippen LogP contribution in [0, 0.1) is 0 Å². The normalized spacial score (nSPS) is 18.8. The van der Waals surface area contributed by atoms with Crippen LogP contribution in [0.2, 0.25) is 0 Å². The average Bonchev–Trinajstić information content (AvgIpc) is 3.28. The predicted molar refractivity (Wildman–Crippen MR) is 89.7 cm³/mol. The van der Waals surface area contributed by atoms with Gasteiger partial charge >= 0.3 is 0 Å². The van der Waals surface area contributed by atoms with Crippen molar-refractivity contribution in [2.75, 3.05) is 4.72 Å². The lowest BCUT2D eigenvalue weighted by Gasteiger charge is -2.16. The quantitative estimate of drug-likeness (QED) is 0.921. The van der Waals surface area contributed by atoms with Crippen LogP contribution in [0.3, 0.4) is 0 Å². The maximum Gasteiger partial charge on any atom is 0.264 e. The summed E-state index contributed by atoms with van der Waals surface area (Å²) in [7, 11) is -3.72. The van der Waals surface area contributed by atoms with Crippen LogP contribution in [0.4, 0.5) is 5.95 Å². The van der Waals surface area contributed by atoms with Gasteiger partial charge in [-0.15, -0.1) is 0 Å². The summed E-state index contributed by atoms with van der Waals surface area (Å²) >= 11 is 0. The summed E-state index contributed by atoms with van der Waals surface area (Å²) in [5, 5.41) is 0. The molecule has 1 aliphatic heterocycles. The highest BCUT2D eigenvalue weighted by Crippen LogP contribution is 2.39. The van der Waals surface area contributed by atoms with Crippen LogP contribution in [0.1, 0.15) is 43.9 Å². The van der Waals surface area contributed by atoms with Crippen LogP contribution in [-0.4, -0.2) is 24.0 Å². The number of nitrogens with one attached hydrogen (secondary N) is 1. The zero-order valence-corrected chi connectivity index (χ0v) is 14.4. The SMILES string of the molecule is CC1(C)Cc2cc(S(=O)(=O)Nc3nccc(C4CC4)n3)ccc2O1. The van der Waals surface area contributed by atoms with Gasteiger partial charge in [0.2, 0.25) is 5.95 Å². The van der Waals surface area contributed by atoms with Crippen molar-refractivity contribution in [1.29, 1.82) is 0 Å². The summed E-state index contributed by atoms with van der Waals surface area (Å²) in [6, 6.07) is 6.76. The molecule has 1 N–H and O–H groups in total. The molecule has 0 radical (unpaired) electrons. The van der Waals surface area contributed by atoms with Crippen molar-refractivity contribution in [3.8, 4) is 5.75 Å². The summed E-state index contributed by atoms with van der Waals surface area (Å²) < 4.78 is 33.5. The predicted octanol–water partition coefficient (Wildman–Crippen LogP) is 2.87. The molecule has 2 aliphatic rings. The van der Waals surface area contributed by atoms with E-state index in [1.54, 1.807) is 24.4 Å². The fourth-order valence-electron chi connectivity index (χ4n) is 2.96. The molecule has 0 unspecified atom stereocenters. The smallest absolute Gasteiger partial charge is 0.264 e. The monoisotopic (exact) mass is 345 g/mol. The van der Waals surface area contributed by atoms with Gasteiger partial charge in [-0.1, -0.05) is 0 Å². The summed E-state index contributed by atoms with van der Waals surface area (Å²) in [6.45, 7) is 3.97. The highest BCUT2D eigenvalue weighted by Gasteiger charge is 2.31. The molecule has 0 spiro atoms. The number of aromatic nitrogens is 2. The van der Waals surface area contributed by atoms with Gasteiger partial charge in [-0.25, -0.2) is 23.1 Å². The zero-order valence-electron chi connectivity index (χ0n) is 13.6. The molecule has 4 rings (SSSR count). The molecule has 1 fully saturated rings. The summed E-state index contributed by atoms with van der Waals surface area (Å²) in [5.41, 5.74) is 1.49. The molecule has 0 saturated heterocycles. The Balaban J connectivity index is 1.61. The van der Waals surface area contributed by atoms with Gasteiger partial charge in [-0.3, -0.25) is 0 Å². The topological polar surface area (TPSA) is 81.2 Å². The Morgan fingerprint density at radius 2 is 2.04 bits per heavy atom. The van der Waals surface area contributed by atoms with Crippen LogP contribution < -0.4 is 9.46 Å². The van der Waals surface area contributed by atoms with E-state index in [0.717, 1.165) is 29.8 Å². The Bertz CT molecular complexity index is 905. The third-order valence-corrected chi connectivity index (χ3v) is 5.57. The number of hydrogen-bond donors (Lipinski definition) is 1. The molecule has 2 aromatic rings. The maximum absolute atomic E-state index is 12.6. The highest BCUT2D eigenvalue weighted by atomic mass is 32.2. The molecule has 1 aromatic heterocycles. The fourth-order valence-corrected chi connectivity index (χ4v) is 3.96. The second kappa shape index (κ2) is 5.17. The first-order valence-corrected chi connectivity index (χ1v) is 9.48.